The summed E-state index contributed by atoms with van der Waals surface area (Å²) in [5.41, 5.74) is 1.18. The molecular weight excluding hydrogens is 461 g/mol. The van der Waals surface area contributed by atoms with Gasteiger partial charge in [-0.3, -0.25) is 9.59 Å². The van der Waals surface area contributed by atoms with E-state index < -0.39 is 40.2 Å². The van der Waals surface area contributed by atoms with E-state index in [1.807, 2.05) is 0 Å². The highest BCUT2D eigenvalue weighted by Crippen LogP contribution is 2.25. The van der Waals surface area contributed by atoms with Crippen LogP contribution in [0.2, 0.25) is 0 Å². The highest BCUT2D eigenvalue weighted by atomic mass is 32.2. The fourth-order valence-electron chi connectivity index (χ4n) is 3.73. The zero-order chi connectivity index (χ0) is 24.7. The lowest BCUT2D eigenvalue weighted by atomic mass is 10.0. The maximum atomic E-state index is 13.5. The Morgan fingerprint density at radius 2 is 1.82 bits per heavy atom. The molecule has 0 unspecified atom stereocenters. The Morgan fingerprint density at radius 3 is 2.41 bits per heavy atom. The molecule has 3 rings (SSSR count). The molecule has 1 N–H and O–H groups in total. The van der Waals surface area contributed by atoms with Crippen molar-refractivity contribution in [2.75, 3.05) is 33.0 Å². The molecule has 2 amide bonds. The number of hydrogen-bond acceptors (Lipinski definition) is 5. The van der Waals surface area contributed by atoms with E-state index in [-0.39, 0.29) is 12.6 Å². The molecule has 0 radical (unpaired) electrons. The average Bonchev–Trinajstić information content (AvgIpc) is 3.32. The second-order valence-electron chi connectivity index (χ2n) is 8.36. The molecule has 1 aliphatic rings. The SMILES string of the molecule is CN(CC(=O)N(Cc1ccc(F)cc1)[C@@H](C(=O)NC[C@H]1CCCO1)c1ccccc1)S(C)(=O)=O. The first-order valence-corrected chi connectivity index (χ1v) is 12.9. The molecule has 1 fully saturated rings. The zero-order valence-electron chi connectivity index (χ0n) is 19.3. The summed E-state index contributed by atoms with van der Waals surface area (Å²) in [5.74, 6) is -1.38. The number of benzene rings is 2. The quantitative estimate of drug-likeness (QED) is 0.549. The third kappa shape index (κ3) is 7.09. The van der Waals surface area contributed by atoms with Gasteiger partial charge in [-0.25, -0.2) is 12.8 Å². The van der Waals surface area contributed by atoms with Crippen LogP contribution in [0.1, 0.15) is 30.0 Å². The van der Waals surface area contributed by atoms with Gasteiger partial charge in [0.2, 0.25) is 21.8 Å². The van der Waals surface area contributed by atoms with Crippen LogP contribution in [0.3, 0.4) is 0 Å². The van der Waals surface area contributed by atoms with Crippen molar-refractivity contribution in [3.05, 3.63) is 71.5 Å². The van der Waals surface area contributed by atoms with Gasteiger partial charge in [-0.1, -0.05) is 42.5 Å². The molecule has 2 atom stereocenters. The molecular formula is C24H30FN3O5S. The Bertz CT molecular complexity index is 1070. The summed E-state index contributed by atoms with van der Waals surface area (Å²) in [6, 6.07) is 13.4. The van der Waals surface area contributed by atoms with Gasteiger partial charge in [-0.2, -0.15) is 4.31 Å². The fourth-order valence-corrected chi connectivity index (χ4v) is 4.08. The van der Waals surface area contributed by atoms with Gasteiger partial charge in [-0.05, 0) is 36.1 Å². The van der Waals surface area contributed by atoms with Gasteiger partial charge in [0.1, 0.15) is 11.9 Å². The maximum Gasteiger partial charge on any atom is 0.247 e. The predicted octanol–water partition coefficient (Wildman–Crippen LogP) is 2.08. The van der Waals surface area contributed by atoms with Gasteiger partial charge in [0.05, 0.1) is 18.9 Å². The number of likely N-dealkylation sites (N-methyl/N-ethyl adjacent to an activating group) is 1. The molecule has 0 spiro atoms. The van der Waals surface area contributed by atoms with E-state index in [0.717, 1.165) is 23.4 Å². The van der Waals surface area contributed by atoms with Crippen LogP contribution >= 0.6 is 0 Å². The Hall–Kier alpha value is -2.82. The van der Waals surface area contributed by atoms with Crippen molar-refractivity contribution in [2.45, 2.75) is 31.5 Å². The number of carbonyl (C=O) groups is 2. The first-order chi connectivity index (χ1) is 16.1. The lowest BCUT2D eigenvalue weighted by molar-refractivity contribution is -0.141. The van der Waals surface area contributed by atoms with Crippen LogP contribution in [-0.4, -0.2) is 68.5 Å². The van der Waals surface area contributed by atoms with Crippen LogP contribution in [0, 0.1) is 5.82 Å². The largest absolute Gasteiger partial charge is 0.376 e. The number of hydrogen-bond donors (Lipinski definition) is 1. The fraction of sp³-hybridized carbons (Fsp3) is 0.417. The third-order valence-electron chi connectivity index (χ3n) is 5.71. The van der Waals surface area contributed by atoms with Crippen LogP contribution in [0.5, 0.6) is 0 Å². The van der Waals surface area contributed by atoms with Crippen molar-refractivity contribution in [2.24, 2.45) is 0 Å². The Balaban J connectivity index is 1.93. The average molecular weight is 492 g/mol. The standard InChI is InChI=1S/C24H30FN3O5S/c1-27(34(2,31)32)17-22(29)28(16-18-10-12-20(25)13-11-18)23(19-7-4-3-5-8-19)24(30)26-15-21-9-6-14-33-21/h3-5,7-8,10-13,21,23H,6,9,14-17H2,1-2H3,(H,26,30)/t21-,23-/m1/s1. The lowest BCUT2D eigenvalue weighted by Crippen LogP contribution is -2.48. The summed E-state index contributed by atoms with van der Waals surface area (Å²) in [6.07, 6.45) is 2.69. The molecule has 184 valence electrons. The van der Waals surface area contributed by atoms with E-state index in [9.17, 15) is 22.4 Å². The van der Waals surface area contributed by atoms with Gasteiger partial charge in [0.25, 0.3) is 0 Å². The summed E-state index contributed by atoms with van der Waals surface area (Å²) in [6.45, 7) is 0.506. The topological polar surface area (TPSA) is 96.0 Å². The molecule has 10 heteroatoms. The zero-order valence-corrected chi connectivity index (χ0v) is 20.1. The van der Waals surface area contributed by atoms with Crippen molar-refractivity contribution in [3.8, 4) is 0 Å². The number of ether oxygens (including phenoxy) is 1. The first-order valence-electron chi connectivity index (χ1n) is 11.0. The van der Waals surface area contributed by atoms with E-state index in [2.05, 4.69) is 5.32 Å². The van der Waals surface area contributed by atoms with E-state index in [1.54, 1.807) is 30.3 Å². The molecule has 0 saturated carbocycles. The first kappa shape index (κ1) is 25.8. The van der Waals surface area contributed by atoms with Crippen LogP contribution in [-0.2, 0) is 30.9 Å². The molecule has 2 aromatic carbocycles. The molecule has 1 aliphatic heterocycles. The minimum absolute atomic E-state index is 0.0103. The highest BCUT2D eigenvalue weighted by Gasteiger charge is 2.33. The molecule has 1 saturated heterocycles. The number of nitrogens with one attached hydrogen (secondary N) is 1. The molecule has 0 aromatic heterocycles. The predicted molar refractivity (Wildman–Crippen MR) is 126 cm³/mol. The molecule has 8 nitrogen and oxygen atoms in total. The van der Waals surface area contributed by atoms with E-state index in [1.165, 1.54) is 36.2 Å². The maximum absolute atomic E-state index is 13.5. The van der Waals surface area contributed by atoms with Gasteiger partial charge in [0, 0.05) is 26.7 Å². The van der Waals surface area contributed by atoms with Crippen LogP contribution < -0.4 is 5.32 Å². The second-order valence-corrected chi connectivity index (χ2v) is 10.4. The summed E-state index contributed by atoms with van der Waals surface area (Å²) in [5, 5.41) is 2.89. The smallest absolute Gasteiger partial charge is 0.247 e. The van der Waals surface area contributed by atoms with Crippen molar-refractivity contribution < 1.29 is 27.1 Å². The molecule has 34 heavy (non-hydrogen) atoms. The number of rotatable bonds is 10. The van der Waals surface area contributed by atoms with Crippen molar-refractivity contribution in [1.82, 2.24) is 14.5 Å². The Morgan fingerprint density at radius 1 is 1.15 bits per heavy atom. The van der Waals surface area contributed by atoms with Gasteiger partial charge >= 0.3 is 0 Å². The number of amides is 2. The Kier molecular flexibility index (Phi) is 8.76. The summed E-state index contributed by atoms with van der Waals surface area (Å²) in [4.78, 5) is 28.1. The normalized spacial score (nSPS) is 16.9. The second kappa shape index (κ2) is 11.5. The van der Waals surface area contributed by atoms with Gasteiger partial charge in [-0.15, -0.1) is 0 Å². The molecule has 0 bridgehead atoms. The van der Waals surface area contributed by atoms with Crippen molar-refractivity contribution in [1.29, 1.82) is 0 Å². The minimum atomic E-state index is -3.62. The monoisotopic (exact) mass is 491 g/mol. The van der Waals surface area contributed by atoms with Crippen LogP contribution in [0.15, 0.2) is 54.6 Å². The van der Waals surface area contributed by atoms with Crippen molar-refractivity contribution in [3.63, 3.8) is 0 Å². The number of nitrogens with zero attached hydrogens (tertiary/aromatic N) is 2. The molecule has 2 aromatic rings. The highest BCUT2D eigenvalue weighted by molar-refractivity contribution is 7.88. The van der Waals surface area contributed by atoms with Gasteiger partial charge in [0.15, 0.2) is 0 Å². The Labute approximate surface area is 199 Å². The summed E-state index contributed by atoms with van der Waals surface area (Å²) in [7, 11) is -2.32. The van der Waals surface area contributed by atoms with Crippen LogP contribution in [0.4, 0.5) is 4.39 Å². The summed E-state index contributed by atoms with van der Waals surface area (Å²) >= 11 is 0. The number of sulfonamides is 1. The van der Waals surface area contributed by atoms with E-state index in [0.29, 0.717) is 24.3 Å². The summed E-state index contributed by atoms with van der Waals surface area (Å²) < 4.78 is 43.8. The van der Waals surface area contributed by atoms with E-state index >= 15 is 0 Å². The van der Waals surface area contributed by atoms with E-state index in [4.69, 9.17) is 4.74 Å². The van der Waals surface area contributed by atoms with Crippen molar-refractivity contribution >= 4 is 21.8 Å². The third-order valence-corrected chi connectivity index (χ3v) is 6.98. The lowest BCUT2D eigenvalue weighted by Gasteiger charge is -2.33. The minimum Gasteiger partial charge on any atom is -0.376 e. The van der Waals surface area contributed by atoms with Crippen LogP contribution in [0.25, 0.3) is 0 Å². The van der Waals surface area contributed by atoms with Gasteiger partial charge < -0.3 is 15.0 Å². The number of halogens is 1. The molecule has 0 aliphatic carbocycles. The molecule has 1 heterocycles. The number of carbonyl (C=O) groups excluding carboxylic acids is 2.